The normalized spacial score (nSPS) is 26.2. The van der Waals surface area contributed by atoms with Crippen LogP contribution in [0.5, 0.6) is 0 Å². The molecule has 0 radical (unpaired) electrons. The van der Waals surface area contributed by atoms with E-state index in [1.807, 2.05) is 0 Å². The van der Waals surface area contributed by atoms with Gasteiger partial charge in [0.1, 0.15) is 12.7 Å². The minimum Gasteiger partial charge on any atom is -0.463 e. The fraction of sp³-hybridized carbons (Fsp3) is 0.688. The molecular weight excluding hydrogens is 425 g/mol. The maximum Gasteiger partial charge on any atom is 0.491 e. The smallest absolute Gasteiger partial charge is 0.463 e. The Morgan fingerprint density at radius 2 is 1.20 bits per heavy atom. The van der Waals surface area contributed by atoms with E-state index < -0.39 is 73.3 Å². The number of alkyl halides is 3. The number of rotatable bonds is 6. The van der Waals surface area contributed by atoms with Crippen molar-refractivity contribution in [3.05, 3.63) is 0 Å². The number of carbonyl (C=O) groups excluding carboxylic acids is 5. The average molecular weight is 444 g/mol. The van der Waals surface area contributed by atoms with E-state index in [1.54, 1.807) is 0 Å². The molecule has 1 saturated heterocycles. The molecule has 0 bridgehead atoms. The zero-order chi connectivity index (χ0) is 23.2. The second kappa shape index (κ2) is 10.2. The number of carbonyl (C=O) groups is 5. The van der Waals surface area contributed by atoms with Gasteiger partial charge in [-0.1, -0.05) is 0 Å². The molecule has 1 aliphatic rings. The van der Waals surface area contributed by atoms with Gasteiger partial charge in [-0.2, -0.15) is 13.2 Å². The summed E-state index contributed by atoms with van der Waals surface area (Å²) < 4.78 is 66.8. The molecule has 1 rings (SSSR count). The molecule has 170 valence electrons. The second-order valence-electron chi connectivity index (χ2n) is 5.97. The first-order valence-electron chi connectivity index (χ1n) is 8.30. The van der Waals surface area contributed by atoms with Gasteiger partial charge in [0.05, 0.1) is 0 Å². The maximum absolute atomic E-state index is 12.6. The first-order valence-corrected chi connectivity index (χ1v) is 8.30. The van der Waals surface area contributed by atoms with Crippen LogP contribution in [0.3, 0.4) is 0 Å². The van der Waals surface area contributed by atoms with Crippen molar-refractivity contribution in [1.82, 2.24) is 0 Å². The molecule has 11 nitrogen and oxygen atoms in total. The summed E-state index contributed by atoms with van der Waals surface area (Å²) in [5.41, 5.74) is 0. The summed E-state index contributed by atoms with van der Waals surface area (Å²) in [5.74, 6) is -6.50. The van der Waals surface area contributed by atoms with Crippen LogP contribution in [0.15, 0.2) is 0 Å². The first-order chi connectivity index (χ1) is 13.7. The topological polar surface area (TPSA) is 141 Å². The predicted octanol–water partition coefficient (Wildman–Crippen LogP) is 0.175. The van der Waals surface area contributed by atoms with Crippen LogP contribution in [-0.2, 0) is 52.4 Å². The zero-order valence-electron chi connectivity index (χ0n) is 16.2. The predicted molar refractivity (Wildman–Crippen MR) is 84.1 cm³/mol. The van der Waals surface area contributed by atoms with Crippen LogP contribution in [0.2, 0.25) is 0 Å². The number of ether oxygens (including phenoxy) is 6. The van der Waals surface area contributed by atoms with Crippen LogP contribution in [0.25, 0.3) is 0 Å². The summed E-state index contributed by atoms with van der Waals surface area (Å²) in [7, 11) is 0. The molecule has 0 aliphatic carbocycles. The summed E-state index contributed by atoms with van der Waals surface area (Å²) in [5, 5.41) is 0. The van der Waals surface area contributed by atoms with Crippen LogP contribution in [0, 0.1) is 0 Å². The van der Waals surface area contributed by atoms with Gasteiger partial charge in [0.25, 0.3) is 0 Å². The summed E-state index contributed by atoms with van der Waals surface area (Å²) in [6, 6.07) is 0. The Morgan fingerprint density at radius 1 is 0.733 bits per heavy atom. The van der Waals surface area contributed by atoms with E-state index in [0.717, 1.165) is 27.7 Å². The lowest BCUT2D eigenvalue weighted by molar-refractivity contribution is -0.308. The van der Waals surface area contributed by atoms with Gasteiger partial charge in [-0.15, -0.1) is 0 Å². The highest BCUT2D eigenvalue weighted by atomic mass is 19.4. The fourth-order valence-electron chi connectivity index (χ4n) is 2.46. The monoisotopic (exact) mass is 444 g/mol. The minimum absolute atomic E-state index is 0.683. The Labute approximate surface area is 167 Å². The fourth-order valence-corrected chi connectivity index (χ4v) is 2.46. The van der Waals surface area contributed by atoms with Crippen LogP contribution in [0.1, 0.15) is 27.7 Å². The highest BCUT2D eigenvalue weighted by Crippen LogP contribution is 2.31. The van der Waals surface area contributed by atoms with Gasteiger partial charge < -0.3 is 28.4 Å². The Balaban J connectivity index is 3.37. The van der Waals surface area contributed by atoms with Crippen LogP contribution >= 0.6 is 0 Å². The van der Waals surface area contributed by atoms with Crippen molar-refractivity contribution in [1.29, 1.82) is 0 Å². The molecule has 5 atom stereocenters. The van der Waals surface area contributed by atoms with E-state index in [4.69, 9.17) is 23.7 Å². The third kappa shape index (κ3) is 7.50. The third-order valence-corrected chi connectivity index (χ3v) is 3.40. The van der Waals surface area contributed by atoms with Crippen LogP contribution in [0.4, 0.5) is 13.2 Å². The summed E-state index contributed by atoms with van der Waals surface area (Å²) in [6.07, 6.45) is -14.5. The van der Waals surface area contributed by atoms with E-state index in [9.17, 15) is 37.1 Å². The van der Waals surface area contributed by atoms with E-state index in [-0.39, 0.29) is 0 Å². The molecule has 30 heavy (non-hydrogen) atoms. The van der Waals surface area contributed by atoms with E-state index in [2.05, 4.69) is 4.74 Å². The molecular formula is C16H19F3O11. The van der Waals surface area contributed by atoms with Crippen molar-refractivity contribution in [2.75, 3.05) is 6.61 Å². The second-order valence-corrected chi connectivity index (χ2v) is 5.97. The Kier molecular flexibility index (Phi) is 8.57. The standard InChI is InChI=1S/C16H19F3O11/c1-6(20)25-5-10-11(26-7(2)21)12(27-8(3)22)13(28-9(4)23)14(29-10)30-15(24)16(17,18)19/h10-14H,5H2,1-4H3/t10-,11-,12+,13-,14?/m1/s1. The molecule has 0 saturated carbocycles. The molecule has 0 aromatic carbocycles. The summed E-state index contributed by atoms with van der Waals surface area (Å²) in [6.45, 7) is 3.08. The van der Waals surface area contributed by atoms with E-state index in [1.165, 1.54) is 0 Å². The van der Waals surface area contributed by atoms with Crippen molar-refractivity contribution >= 4 is 29.8 Å². The van der Waals surface area contributed by atoms with Gasteiger partial charge in [-0.25, -0.2) is 4.79 Å². The van der Waals surface area contributed by atoms with Gasteiger partial charge in [0, 0.05) is 27.7 Å². The van der Waals surface area contributed by atoms with Crippen molar-refractivity contribution in [3.63, 3.8) is 0 Å². The van der Waals surface area contributed by atoms with Gasteiger partial charge in [0.15, 0.2) is 12.2 Å². The molecule has 1 unspecified atom stereocenters. The molecule has 0 amide bonds. The van der Waals surface area contributed by atoms with Crippen molar-refractivity contribution in [3.8, 4) is 0 Å². The lowest BCUT2D eigenvalue weighted by Gasteiger charge is -2.43. The number of hydrogen-bond donors (Lipinski definition) is 0. The Bertz CT molecular complexity index is 690. The van der Waals surface area contributed by atoms with Gasteiger partial charge in [0.2, 0.25) is 12.4 Å². The summed E-state index contributed by atoms with van der Waals surface area (Å²) >= 11 is 0. The highest BCUT2D eigenvalue weighted by molar-refractivity contribution is 5.76. The quantitative estimate of drug-likeness (QED) is 0.409. The van der Waals surface area contributed by atoms with Crippen LogP contribution < -0.4 is 0 Å². The molecule has 1 heterocycles. The Hall–Kier alpha value is -2.90. The lowest BCUT2D eigenvalue weighted by Crippen LogP contribution is -2.63. The molecule has 0 aromatic rings. The third-order valence-electron chi connectivity index (χ3n) is 3.40. The number of esters is 5. The van der Waals surface area contributed by atoms with Gasteiger partial charge in [-0.05, 0) is 0 Å². The van der Waals surface area contributed by atoms with E-state index in [0.29, 0.717) is 0 Å². The van der Waals surface area contributed by atoms with Crippen molar-refractivity contribution < 1.29 is 65.6 Å². The summed E-state index contributed by atoms with van der Waals surface area (Å²) in [4.78, 5) is 56.8. The number of halogens is 3. The van der Waals surface area contributed by atoms with E-state index >= 15 is 0 Å². The van der Waals surface area contributed by atoms with Crippen molar-refractivity contribution in [2.45, 2.75) is 64.6 Å². The molecule has 0 spiro atoms. The maximum atomic E-state index is 12.6. The first kappa shape index (κ1) is 25.1. The van der Waals surface area contributed by atoms with Crippen molar-refractivity contribution in [2.24, 2.45) is 0 Å². The zero-order valence-corrected chi connectivity index (χ0v) is 16.2. The number of hydrogen-bond acceptors (Lipinski definition) is 11. The molecule has 0 N–H and O–H groups in total. The average Bonchev–Trinajstić information content (AvgIpc) is 2.56. The molecule has 1 fully saturated rings. The van der Waals surface area contributed by atoms with Gasteiger partial charge in [-0.3, -0.25) is 19.2 Å². The molecule has 0 aromatic heterocycles. The van der Waals surface area contributed by atoms with Gasteiger partial charge >= 0.3 is 36.0 Å². The largest absolute Gasteiger partial charge is 0.491 e. The highest BCUT2D eigenvalue weighted by Gasteiger charge is 2.55. The lowest BCUT2D eigenvalue weighted by atomic mass is 9.98. The Morgan fingerprint density at radius 3 is 1.63 bits per heavy atom. The minimum atomic E-state index is -5.43. The SMILES string of the molecule is CC(=O)OC[C@H]1OC(OC(=O)C(F)(F)F)[C@H](OC(C)=O)[C@@H](OC(C)=O)[C@@H]1OC(C)=O. The molecule has 14 heteroatoms. The van der Waals surface area contributed by atoms with Crippen LogP contribution in [-0.4, -0.2) is 73.3 Å². The molecule has 1 aliphatic heterocycles.